The number of ether oxygens (including phenoxy) is 1. The molecule has 0 N–H and O–H groups in total. The lowest BCUT2D eigenvalue weighted by Crippen LogP contribution is -2.26. The number of amides is 1. The van der Waals surface area contributed by atoms with Gasteiger partial charge in [0, 0.05) is 32.1 Å². The minimum absolute atomic E-state index is 0.122. The lowest BCUT2D eigenvalue weighted by atomic mass is 10.3. The molecule has 1 amide bonds. The fraction of sp³-hybridized carbons (Fsp3) is 0.538. The SMILES string of the molecule is COC(=O)c1cc(C=NCCCN2CCCC2=O)on1. The summed E-state index contributed by atoms with van der Waals surface area (Å²) in [7, 11) is 1.28. The highest BCUT2D eigenvalue weighted by molar-refractivity contribution is 5.89. The second-order valence-electron chi connectivity index (χ2n) is 4.48. The van der Waals surface area contributed by atoms with Crippen LogP contribution in [0, 0.1) is 0 Å². The van der Waals surface area contributed by atoms with E-state index in [1.807, 2.05) is 4.90 Å². The highest BCUT2D eigenvalue weighted by Gasteiger charge is 2.18. The first kappa shape index (κ1) is 14.2. The molecule has 7 heteroatoms. The van der Waals surface area contributed by atoms with Gasteiger partial charge in [-0.1, -0.05) is 5.16 Å². The van der Waals surface area contributed by atoms with Crippen molar-refractivity contribution in [1.82, 2.24) is 10.1 Å². The molecule has 0 spiro atoms. The summed E-state index contributed by atoms with van der Waals surface area (Å²) in [4.78, 5) is 28.6. The molecule has 2 rings (SSSR count). The first-order valence-electron chi connectivity index (χ1n) is 6.53. The average molecular weight is 279 g/mol. The van der Waals surface area contributed by atoms with Gasteiger partial charge < -0.3 is 14.2 Å². The van der Waals surface area contributed by atoms with Crippen LogP contribution in [-0.2, 0) is 9.53 Å². The predicted octanol–water partition coefficient (Wildman–Crippen LogP) is 0.893. The molecule has 2 heterocycles. The van der Waals surface area contributed by atoms with Crippen molar-refractivity contribution >= 4 is 18.1 Å². The van der Waals surface area contributed by atoms with Crippen molar-refractivity contribution in [3.05, 3.63) is 17.5 Å². The normalized spacial score (nSPS) is 15.2. The van der Waals surface area contributed by atoms with E-state index in [9.17, 15) is 9.59 Å². The Balaban J connectivity index is 1.72. The molecule has 0 unspecified atom stereocenters. The van der Waals surface area contributed by atoms with Crippen LogP contribution >= 0.6 is 0 Å². The van der Waals surface area contributed by atoms with Crippen molar-refractivity contribution in [1.29, 1.82) is 0 Å². The second-order valence-corrected chi connectivity index (χ2v) is 4.48. The van der Waals surface area contributed by atoms with E-state index >= 15 is 0 Å². The van der Waals surface area contributed by atoms with E-state index in [-0.39, 0.29) is 11.6 Å². The number of rotatable bonds is 6. The van der Waals surface area contributed by atoms with Crippen LogP contribution in [0.25, 0.3) is 0 Å². The van der Waals surface area contributed by atoms with E-state index < -0.39 is 5.97 Å². The monoisotopic (exact) mass is 279 g/mol. The zero-order valence-electron chi connectivity index (χ0n) is 11.4. The molecule has 1 aliphatic rings. The lowest BCUT2D eigenvalue weighted by molar-refractivity contribution is -0.127. The molecule has 0 aliphatic carbocycles. The lowest BCUT2D eigenvalue weighted by Gasteiger charge is -2.13. The van der Waals surface area contributed by atoms with Crippen LogP contribution in [0.1, 0.15) is 35.5 Å². The van der Waals surface area contributed by atoms with Gasteiger partial charge in [0.15, 0.2) is 11.5 Å². The van der Waals surface area contributed by atoms with Gasteiger partial charge >= 0.3 is 5.97 Å². The molecule has 108 valence electrons. The molecule has 1 saturated heterocycles. The van der Waals surface area contributed by atoms with E-state index in [0.29, 0.717) is 18.7 Å². The standard InChI is InChI=1S/C13H17N3O4/c1-19-13(18)11-8-10(20-15-11)9-14-5-3-7-16-6-2-4-12(16)17/h8-9H,2-7H2,1H3. The van der Waals surface area contributed by atoms with Gasteiger partial charge in [0.25, 0.3) is 0 Å². The van der Waals surface area contributed by atoms with Crippen LogP contribution in [0.15, 0.2) is 15.6 Å². The third-order valence-corrected chi connectivity index (χ3v) is 3.03. The minimum atomic E-state index is -0.541. The third-order valence-electron chi connectivity index (χ3n) is 3.03. The molecule has 0 bridgehead atoms. The van der Waals surface area contributed by atoms with E-state index in [4.69, 9.17) is 4.52 Å². The average Bonchev–Trinajstić information content (AvgIpc) is 3.07. The smallest absolute Gasteiger partial charge is 0.360 e. The van der Waals surface area contributed by atoms with E-state index in [1.54, 1.807) is 0 Å². The molecular weight excluding hydrogens is 262 g/mol. The summed E-state index contributed by atoms with van der Waals surface area (Å²) in [5.74, 6) is 0.0931. The van der Waals surface area contributed by atoms with Gasteiger partial charge in [-0.05, 0) is 12.8 Å². The molecule has 20 heavy (non-hydrogen) atoms. The Hall–Kier alpha value is -2.18. The summed E-state index contributed by atoms with van der Waals surface area (Å²) in [5.41, 5.74) is 0.122. The maximum absolute atomic E-state index is 11.4. The zero-order chi connectivity index (χ0) is 14.4. The summed E-state index contributed by atoms with van der Waals surface area (Å²) < 4.78 is 9.44. The van der Waals surface area contributed by atoms with Crippen molar-refractivity contribution in [2.45, 2.75) is 19.3 Å². The molecule has 0 radical (unpaired) electrons. The number of carbonyl (C=O) groups excluding carboxylic acids is 2. The number of hydrogen-bond acceptors (Lipinski definition) is 6. The first-order valence-corrected chi connectivity index (χ1v) is 6.53. The summed E-state index contributed by atoms with van der Waals surface area (Å²) in [5, 5.41) is 3.57. The molecule has 1 aliphatic heterocycles. The number of hydrogen-bond donors (Lipinski definition) is 0. The quantitative estimate of drug-likeness (QED) is 0.438. The van der Waals surface area contributed by atoms with Crippen molar-refractivity contribution in [3.8, 4) is 0 Å². The molecule has 1 aromatic heterocycles. The highest BCUT2D eigenvalue weighted by atomic mass is 16.5. The maximum atomic E-state index is 11.4. The van der Waals surface area contributed by atoms with Crippen LogP contribution in [0.4, 0.5) is 0 Å². The van der Waals surface area contributed by atoms with Gasteiger partial charge in [-0.15, -0.1) is 0 Å². The summed E-state index contributed by atoms with van der Waals surface area (Å²) in [6.07, 6.45) is 3.94. The van der Waals surface area contributed by atoms with Crippen molar-refractivity contribution in [3.63, 3.8) is 0 Å². The van der Waals surface area contributed by atoms with Crippen LogP contribution in [0.3, 0.4) is 0 Å². The van der Waals surface area contributed by atoms with Gasteiger partial charge in [-0.25, -0.2) is 4.79 Å². The maximum Gasteiger partial charge on any atom is 0.360 e. The van der Waals surface area contributed by atoms with Crippen molar-refractivity contribution < 1.29 is 18.8 Å². The fourth-order valence-electron chi connectivity index (χ4n) is 2.00. The Labute approximate surface area is 116 Å². The van der Waals surface area contributed by atoms with Gasteiger partial charge in [0.05, 0.1) is 13.3 Å². The summed E-state index contributed by atoms with van der Waals surface area (Å²) in [6.45, 7) is 2.19. The minimum Gasteiger partial charge on any atom is -0.464 e. The molecular formula is C13H17N3O4. The Morgan fingerprint density at radius 3 is 3.20 bits per heavy atom. The molecule has 0 atom stereocenters. The largest absolute Gasteiger partial charge is 0.464 e. The number of likely N-dealkylation sites (tertiary alicyclic amines) is 1. The van der Waals surface area contributed by atoms with E-state index in [2.05, 4.69) is 14.9 Å². The topological polar surface area (TPSA) is 85.0 Å². The number of nitrogens with zero attached hydrogens (tertiary/aromatic N) is 3. The van der Waals surface area contributed by atoms with Crippen molar-refractivity contribution in [2.75, 3.05) is 26.7 Å². The molecule has 0 saturated carbocycles. The third kappa shape index (κ3) is 3.66. The Morgan fingerprint density at radius 2 is 2.50 bits per heavy atom. The fourth-order valence-corrected chi connectivity index (χ4v) is 2.00. The van der Waals surface area contributed by atoms with Gasteiger partial charge in [0.1, 0.15) is 0 Å². The Kier molecular flexibility index (Phi) is 4.86. The molecule has 1 fully saturated rings. The number of carbonyl (C=O) groups is 2. The summed E-state index contributed by atoms with van der Waals surface area (Å²) in [6, 6.07) is 1.47. The van der Waals surface area contributed by atoms with Crippen LogP contribution in [-0.4, -0.2) is 54.9 Å². The number of esters is 1. The second kappa shape index (κ2) is 6.83. The van der Waals surface area contributed by atoms with Crippen LogP contribution in [0.2, 0.25) is 0 Å². The number of aliphatic imine (C=N–C) groups is 1. The van der Waals surface area contributed by atoms with Gasteiger partial charge in [-0.2, -0.15) is 0 Å². The van der Waals surface area contributed by atoms with E-state index in [0.717, 1.165) is 25.9 Å². The van der Waals surface area contributed by atoms with Gasteiger partial charge in [-0.3, -0.25) is 9.79 Å². The number of aromatic nitrogens is 1. The van der Waals surface area contributed by atoms with Gasteiger partial charge in [0.2, 0.25) is 5.91 Å². The van der Waals surface area contributed by atoms with Crippen molar-refractivity contribution in [2.24, 2.45) is 4.99 Å². The number of methoxy groups -OCH3 is 1. The zero-order valence-corrected chi connectivity index (χ0v) is 11.4. The molecule has 7 nitrogen and oxygen atoms in total. The summed E-state index contributed by atoms with van der Waals surface area (Å²) >= 11 is 0. The van der Waals surface area contributed by atoms with Crippen LogP contribution in [0.5, 0.6) is 0 Å². The first-order chi connectivity index (χ1) is 9.70. The van der Waals surface area contributed by atoms with E-state index in [1.165, 1.54) is 19.4 Å². The predicted molar refractivity (Wildman–Crippen MR) is 70.7 cm³/mol. The molecule has 1 aromatic rings. The van der Waals surface area contributed by atoms with Crippen LogP contribution < -0.4 is 0 Å². The Bertz CT molecular complexity index is 509. The molecule has 0 aromatic carbocycles. The Morgan fingerprint density at radius 1 is 1.65 bits per heavy atom. The highest BCUT2D eigenvalue weighted by Crippen LogP contribution is 2.09.